The summed E-state index contributed by atoms with van der Waals surface area (Å²) in [6.45, 7) is 0.772. The van der Waals surface area contributed by atoms with Crippen LogP contribution in [0.25, 0.3) is 0 Å². The van der Waals surface area contributed by atoms with Gasteiger partial charge in [-0.1, -0.05) is 60.7 Å². The van der Waals surface area contributed by atoms with Gasteiger partial charge in [-0.15, -0.1) is 0 Å². The second-order valence-corrected chi connectivity index (χ2v) is 4.43. The summed E-state index contributed by atoms with van der Waals surface area (Å²) < 4.78 is 5.48. The number of carboxylic acid groups (broad SMARTS) is 2. The fourth-order valence-electron chi connectivity index (χ4n) is 1.80. The van der Waals surface area contributed by atoms with Crippen molar-refractivity contribution in [1.29, 1.82) is 0 Å². The second-order valence-electron chi connectivity index (χ2n) is 4.43. The predicted octanol–water partition coefficient (Wildman–Crippen LogP) is 2.97. The van der Waals surface area contributed by atoms with Crippen molar-refractivity contribution >= 4 is 11.9 Å². The molecule has 0 aliphatic heterocycles. The van der Waals surface area contributed by atoms with Crippen molar-refractivity contribution in [3.63, 3.8) is 0 Å². The quantitative estimate of drug-likeness (QED) is 0.887. The Bertz CT molecular complexity index is 537. The van der Waals surface area contributed by atoms with Crippen LogP contribution in [0.15, 0.2) is 60.7 Å². The third-order valence-corrected chi connectivity index (χ3v) is 2.58. The molecule has 5 nitrogen and oxygen atoms in total. The Morgan fingerprint density at radius 1 is 0.909 bits per heavy atom. The van der Waals surface area contributed by atoms with Crippen molar-refractivity contribution in [2.45, 2.75) is 13.0 Å². The number of hydrogen-bond donors (Lipinski definition) is 2. The van der Waals surface area contributed by atoms with Gasteiger partial charge in [0.2, 0.25) is 0 Å². The summed E-state index contributed by atoms with van der Waals surface area (Å²) in [5.74, 6) is -1.80. The van der Waals surface area contributed by atoms with E-state index in [0.29, 0.717) is 0 Å². The highest BCUT2D eigenvalue weighted by atomic mass is 16.5. The van der Waals surface area contributed by atoms with Crippen molar-refractivity contribution in [3.05, 3.63) is 71.8 Å². The molecule has 0 bridgehead atoms. The summed E-state index contributed by atoms with van der Waals surface area (Å²) in [4.78, 5) is 19.6. The van der Waals surface area contributed by atoms with Gasteiger partial charge < -0.3 is 14.9 Å². The number of rotatable bonds is 5. The predicted molar refractivity (Wildman–Crippen MR) is 81.6 cm³/mol. The molecule has 0 heterocycles. The van der Waals surface area contributed by atoms with Gasteiger partial charge in [0.15, 0.2) is 0 Å². The first-order chi connectivity index (χ1) is 10.5. The van der Waals surface area contributed by atoms with Crippen LogP contribution in [0.5, 0.6) is 0 Å². The van der Waals surface area contributed by atoms with Crippen LogP contribution < -0.4 is 0 Å². The molecule has 2 rings (SSSR count). The molecule has 0 aromatic heterocycles. The minimum atomic E-state index is -0.966. The van der Waals surface area contributed by atoms with Gasteiger partial charge in [0.05, 0.1) is 0 Å². The van der Waals surface area contributed by atoms with E-state index in [0.717, 1.165) is 18.1 Å². The lowest BCUT2D eigenvalue weighted by Gasteiger charge is -2.17. The number of aliphatic carboxylic acids is 2. The van der Waals surface area contributed by atoms with E-state index < -0.39 is 11.9 Å². The topological polar surface area (TPSA) is 83.8 Å². The monoisotopic (exact) mass is 302 g/mol. The zero-order valence-electron chi connectivity index (χ0n) is 12.2. The average Bonchev–Trinajstić information content (AvgIpc) is 2.49. The van der Waals surface area contributed by atoms with Crippen molar-refractivity contribution < 1.29 is 24.5 Å². The van der Waals surface area contributed by atoms with Crippen LogP contribution in [-0.2, 0) is 14.3 Å². The Hall–Kier alpha value is -2.66. The lowest BCUT2D eigenvalue weighted by atomic mass is 10.0. The molecule has 0 saturated heterocycles. The summed E-state index contributed by atoms with van der Waals surface area (Å²) in [6, 6.07) is 19.2. The maximum Gasteiger partial charge on any atom is 0.329 e. The number of ether oxygens (including phenoxy) is 1. The molecule has 116 valence electrons. The van der Waals surface area contributed by atoms with Crippen molar-refractivity contribution in [2.75, 3.05) is 6.61 Å². The van der Waals surface area contributed by atoms with Gasteiger partial charge in [0.1, 0.15) is 12.7 Å². The Balaban J connectivity index is 0.000000541. The SMILES string of the molecule is CC(=O)O.O=C(O)COC(c1ccccc1)c1ccccc1. The Morgan fingerprint density at radius 2 is 1.27 bits per heavy atom. The molecule has 2 aromatic carbocycles. The molecule has 0 saturated carbocycles. The number of carboxylic acids is 2. The molecule has 2 aromatic rings. The van der Waals surface area contributed by atoms with Crippen LogP contribution in [0.2, 0.25) is 0 Å². The van der Waals surface area contributed by atoms with Gasteiger partial charge in [-0.25, -0.2) is 4.79 Å². The van der Waals surface area contributed by atoms with Crippen LogP contribution in [0.3, 0.4) is 0 Å². The molecular formula is C17H18O5. The standard InChI is InChI=1S/C15H14O3.C2H4O2/c16-14(17)11-18-15(12-7-3-1-4-8-12)13-9-5-2-6-10-13;1-2(3)4/h1-10,15H,11H2,(H,16,17);1H3,(H,3,4). The number of benzene rings is 2. The van der Waals surface area contributed by atoms with Crippen LogP contribution in [0, 0.1) is 0 Å². The van der Waals surface area contributed by atoms with Gasteiger partial charge in [-0.3, -0.25) is 4.79 Å². The molecule has 0 amide bonds. The molecule has 22 heavy (non-hydrogen) atoms. The largest absolute Gasteiger partial charge is 0.481 e. The highest BCUT2D eigenvalue weighted by Crippen LogP contribution is 2.25. The summed E-state index contributed by atoms with van der Waals surface area (Å²) in [5.41, 5.74) is 1.90. The highest BCUT2D eigenvalue weighted by molar-refractivity contribution is 5.68. The minimum Gasteiger partial charge on any atom is -0.481 e. The molecule has 0 aliphatic carbocycles. The molecule has 0 atom stereocenters. The van der Waals surface area contributed by atoms with E-state index >= 15 is 0 Å². The van der Waals surface area contributed by atoms with Crippen LogP contribution in [0.1, 0.15) is 24.2 Å². The van der Waals surface area contributed by atoms with Crippen LogP contribution >= 0.6 is 0 Å². The van der Waals surface area contributed by atoms with E-state index in [1.807, 2.05) is 60.7 Å². The highest BCUT2D eigenvalue weighted by Gasteiger charge is 2.15. The average molecular weight is 302 g/mol. The Kier molecular flexibility index (Phi) is 7.36. The lowest BCUT2D eigenvalue weighted by Crippen LogP contribution is -2.13. The lowest BCUT2D eigenvalue weighted by molar-refractivity contribution is -0.143. The third kappa shape index (κ3) is 6.67. The van der Waals surface area contributed by atoms with Gasteiger partial charge in [-0.2, -0.15) is 0 Å². The maximum atomic E-state index is 10.6. The van der Waals surface area contributed by atoms with Gasteiger partial charge >= 0.3 is 5.97 Å². The molecule has 2 N–H and O–H groups in total. The van der Waals surface area contributed by atoms with Crippen LogP contribution in [-0.4, -0.2) is 28.8 Å². The molecule has 0 fully saturated rings. The van der Waals surface area contributed by atoms with E-state index in [4.69, 9.17) is 19.7 Å². The van der Waals surface area contributed by atoms with Crippen molar-refractivity contribution in [3.8, 4) is 0 Å². The van der Waals surface area contributed by atoms with E-state index in [-0.39, 0.29) is 12.7 Å². The zero-order chi connectivity index (χ0) is 16.4. The fourth-order valence-corrected chi connectivity index (χ4v) is 1.80. The van der Waals surface area contributed by atoms with E-state index in [9.17, 15) is 4.79 Å². The van der Waals surface area contributed by atoms with Crippen LogP contribution in [0.4, 0.5) is 0 Å². The van der Waals surface area contributed by atoms with Gasteiger partial charge in [-0.05, 0) is 11.1 Å². The second kappa shape index (κ2) is 9.31. The summed E-state index contributed by atoms with van der Waals surface area (Å²) >= 11 is 0. The Morgan fingerprint density at radius 3 is 1.59 bits per heavy atom. The first-order valence-corrected chi connectivity index (χ1v) is 6.63. The summed E-state index contributed by atoms with van der Waals surface area (Å²) in [6.07, 6.45) is -0.344. The zero-order valence-corrected chi connectivity index (χ0v) is 12.2. The molecule has 5 heteroatoms. The minimum absolute atomic E-state index is 0.311. The fraction of sp³-hybridized carbons (Fsp3) is 0.176. The van der Waals surface area contributed by atoms with E-state index in [2.05, 4.69) is 0 Å². The summed E-state index contributed by atoms with van der Waals surface area (Å²) in [5, 5.41) is 16.1. The number of carbonyl (C=O) groups is 2. The molecular weight excluding hydrogens is 284 g/mol. The molecule has 0 unspecified atom stereocenters. The first-order valence-electron chi connectivity index (χ1n) is 6.63. The smallest absolute Gasteiger partial charge is 0.329 e. The van der Waals surface area contributed by atoms with Gasteiger partial charge in [0.25, 0.3) is 5.97 Å². The van der Waals surface area contributed by atoms with E-state index in [1.54, 1.807) is 0 Å². The normalized spacial score (nSPS) is 9.73. The molecule has 0 aliphatic rings. The Labute approximate surface area is 128 Å². The third-order valence-electron chi connectivity index (χ3n) is 2.58. The van der Waals surface area contributed by atoms with Crippen molar-refractivity contribution in [1.82, 2.24) is 0 Å². The molecule has 0 radical (unpaired) electrons. The van der Waals surface area contributed by atoms with Gasteiger partial charge in [0, 0.05) is 6.92 Å². The van der Waals surface area contributed by atoms with E-state index in [1.165, 1.54) is 0 Å². The number of hydrogen-bond acceptors (Lipinski definition) is 3. The summed E-state index contributed by atoms with van der Waals surface area (Å²) in [7, 11) is 0. The maximum absolute atomic E-state index is 10.6. The van der Waals surface area contributed by atoms with Crippen molar-refractivity contribution in [2.24, 2.45) is 0 Å². The first kappa shape index (κ1) is 17.4. The molecule has 0 spiro atoms.